The summed E-state index contributed by atoms with van der Waals surface area (Å²) in [5.74, 6) is -0.920. The highest BCUT2D eigenvalue weighted by atomic mass is 33.1. The third-order valence-electron chi connectivity index (χ3n) is 10.4. The minimum Gasteiger partial charge on any atom is -0.506 e. The van der Waals surface area contributed by atoms with Crippen LogP contribution in [0.1, 0.15) is 72.2 Å². The van der Waals surface area contributed by atoms with Gasteiger partial charge in [-0.3, -0.25) is 4.79 Å². The lowest BCUT2D eigenvalue weighted by Crippen LogP contribution is -2.69. The summed E-state index contributed by atoms with van der Waals surface area (Å²) in [6.45, 7) is 5.83. The van der Waals surface area contributed by atoms with Gasteiger partial charge in [0.15, 0.2) is 5.78 Å². The van der Waals surface area contributed by atoms with E-state index in [0.29, 0.717) is 31.6 Å². The van der Waals surface area contributed by atoms with E-state index in [2.05, 4.69) is 6.92 Å². The molecular weight excluding hydrogens is 664 g/mol. The summed E-state index contributed by atoms with van der Waals surface area (Å²) in [6.07, 6.45) is -2.85. The van der Waals surface area contributed by atoms with Crippen LogP contribution in [0.3, 0.4) is 0 Å². The van der Waals surface area contributed by atoms with Crippen LogP contribution >= 0.6 is 21.6 Å². The minimum atomic E-state index is -1.71. The van der Waals surface area contributed by atoms with Crippen LogP contribution < -0.4 is 4.74 Å². The molecule has 3 aliphatic heterocycles. The molecule has 0 bridgehead atoms. The van der Waals surface area contributed by atoms with Crippen LogP contribution in [-0.2, 0) is 14.2 Å². The summed E-state index contributed by atoms with van der Waals surface area (Å²) < 4.78 is 24.5. The Morgan fingerprint density at radius 1 is 1.12 bits per heavy atom. The van der Waals surface area contributed by atoms with E-state index < -0.39 is 54.3 Å². The molecule has 0 saturated carbocycles. The van der Waals surface area contributed by atoms with Crippen molar-refractivity contribution in [3.8, 4) is 11.5 Å². The molecule has 0 amide bonds. The number of ketones is 1. The number of hydrogen-bond acceptors (Lipinski definition) is 13. The maximum atomic E-state index is 12.4. The number of aromatic carboxylic acids is 1. The largest absolute Gasteiger partial charge is 0.506 e. The SMILES string of the molecule is CC(=O)c1c(C)cc2cc(C(=O)O)cc(OC3OC(CO)C4(CCC(C)C5CCOCC5(CCCO)CSSCO4)C(O)C3O)c2c1O. The van der Waals surface area contributed by atoms with Crippen LogP contribution in [0.5, 0.6) is 11.5 Å². The quantitative estimate of drug-likeness (QED) is 0.171. The van der Waals surface area contributed by atoms with Gasteiger partial charge in [0.25, 0.3) is 0 Å². The molecule has 3 saturated heterocycles. The molecule has 3 aliphatic rings. The van der Waals surface area contributed by atoms with Gasteiger partial charge in [0.2, 0.25) is 6.29 Å². The van der Waals surface area contributed by atoms with Crippen molar-refractivity contribution in [3.05, 3.63) is 34.9 Å². The van der Waals surface area contributed by atoms with Gasteiger partial charge in [-0.15, -0.1) is 0 Å². The van der Waals surface area contributed by atoms with Gasteiger partial charge in [-0.2, -0.15) is 0 Å². The normalized spacial score (nSPS) is 33.1. The molecule has 2 aromatic rings. The number of aliphatic hydroxyl groups excluding tert-OH is 4. The van der Waals surface area contributed by atoms with E-state index in [1.54, 1.807) is 23.8 Å². The highest BCUT2D eigenvalue weighted by Gasteiger charge is 2.58. The second-order valence-corrected chi connectivity index (χ2v) is 15.7. The molecule has 0 aromatic heterocycles. The van der Waals surface area contributed by atoms with Gasteiger partial charge in [0.1, 0.15) is 41.4 Å². The number of hydrogen-bond donors (Lipinski definition) is 6. The van der Waals surface area contributed by atoms with E-state index in [1.807, 2.05) is 0 Å². The van der Waals surface area contributed by atoms with Crippen LogP contribution in [0.15, 0.2) is 18.2 Å². The summed E-state index contributed by atoms with van der Waals surface area (Å²) in [6, 6.07) is 4.05. The topological polar surface area (TPSA) is 192 Å². The number of carbonyl (C=O) groups excluding carboxylic acids is 1. The summed E-state index contributed by atoms with van der Waals surface area (Å²) in [5.41, 5.74) is -1.34. The third-order valence-corrected chi connectivity index (χ3v) is 12.6. The maximum absolute atomic E-state index is 12.4. The Bertz CT molecular complexity index is 1480. The molecular formula is C34H46O12S2. The van der Waals surface area contributed by atoms with Crippen molar-refractivity contribution in [1.29, 1.82) is 0 Å². The van der Waals surface area contributed by atoms with Crippen molar-refractivity contribution < 1.29 is 59.2 Å². The first-order chi connectivity index (χ1) is 22.9. The smallest absolute Gasteiger partial charge is 0.335 e. The lowest BCUT2D eigenvalue weighted by molar-refractivity contribution is -0.322. The first kappa shape index (κ1) is 37.1. The van der Waals surface area contributed by atoms with E-state index in [0.717, 1.165) is 24.7 Å². The zero-order valence-corrected chi connectivity index (χ0v) is 29.1. The molecule has 0 aliphatic carbocycles. The van der Waals surface area contributed by atoms with Crippen molar-refractivity contribution in [1.82, 2.24) is 0 Å². The standard InChI is InChI=1S/C34H46O12S2/c1-18-5-8-34(44-17-48-47-16-33(7-4-9-35)15-43-10-6-23(18)33)25(14-36)46-32(29(39)30(34)40)45-24-13-22(31(41)42)12-21-11-19(2)26(20(3)37)28(38)27(21)24/h11-13,18,23,25,29-30,32,35-36,38-40H,4-10,14-17H2,1-3H3,(H,41,42). The fourth-order valence-corrected chi connectivity index (χ4v) is 10.3. The number of ether oxygens (including phenoxy) is 4. The predicted molar refractivity (Wildman–Crippen MR) is 181 cm³/mol. The second-order valence-electron chi connectivity index (χ2n) is 13.3. The molecule has 48 heavy (non-hydrogen) atoms. The van der Waals surface area contributed by atoms with Gasteiger partial charge in [0, 0.05) is 24.4 Å². The number of fused-ring (bicyclic) bond motifs is 2. The molecule has 14 heteroatoms. The van der Waals surface area contributed by atoms with Crippen LogP contribution in [0, 0.1) is 24.2 Å². The zero-order chi connectivity index (χ0) is 34.8. The summed E-state index contributed by atoms with van der Waals surface area (Å²) in [5, 5.41) is 64.9. The first-order valence-corrected chi connectivity index (χ1v) is 18.8. The monoisotopic (exact) mass is 710 g/mol. The molecule has 8 unspecified atom stereocenters. The Morgan fingerprint density at radius 3 is 2.58 bits per heavy atom. The number of aliphatic hydroxyl groups is 4. The van der Waals surface area contributed by atoms with Crippen molar-refractivity contribution in [2.24, 2.45) is 17.3 Å². The van der Waals surface area contributed by atoms with Crippen LogP contribution in [0.25, 0.3) is 10.8 Å². The number of rotatable bonds is 8. The second kappa shape index (κ2) is 15.4. The Balaban J connectivity index is 1.47. The fraction of sp³-hybridized carbons (Fsp3) is 0.647. The highest BCUT2D eigenvalue weighted by Crippen LogP contribution is 2.50. The molecule has 6 N–H and O–H groups in total. The van der Waals surface area contributed by atoms with Gasteiger partial charge in [-0.1, -0.05) is 34.6 Å². The average molecular weight is 711 g/mol. The Kier molecular flexibility index (Phi) is 11.9. The molecule has 3 heterocycles. The Labute approximate surface area is 287 Å². The number of carboxylic acid groups (broad SMARTS) is 1. The summed E-state index contributed by atoms with van der Waals surface area (Å²) in [4.78, 5) is 24.4. The zero-order valence-electron chi connectivity index (χ0n) is 27.4. The van der Waals surface area contributed by atoms with E-state index in [4.69, 9.17) is 18.9 Å². The number of aromatic hydroxyl groups is 1. The Morgan fingerprint density at radius 2 is 1.90 bits per heavy atom. The van der Waals surface area contributed by atoms with Gasteiger partial charge in [0.05, 0.1) is 29.7 Å². The number of Topliss-reactive ketones (excluding diaryl/α,β-unsaturated/α-hetero) is 1. The minimum absolute atomic E-state index is 0.0352. The van der Waals surface area contributed by atoms with E-state index >= 15 is 0 Å². The van der Waals surface area contributed by atoms with Gasteiger partial charge in [-0.25, -0.2) is 4.79 Å². The van der Waals surface area contributed by atoms with Crippen LogP contribution in [0.4, 0.5) is 0 Å². The molecule has 3 fully saturated rings. The van der Waals surface area contributed by atoms with E-state index in [1.165, 1.54) is 23.8 Å². The van der Waals surface area contributed by atoms with Crippen molar-refractivity contribution in [2.45, 2.75) is 83.1 Å². The van der Waals surface area contributed by atoms with Crippen LogP contribution in [0.2, 0.25) is 0 Å². The number of aryl methyl sites for hydroxylation is 1. The van der Waals surface area contributed by atoms with E-state index in [9.17, 15) is 40.2 Å². The fourth-order valence-electron chi connectivity index (χ4n) is 7.93. The molecule has 0 radical (unpaired) electrons. The molecule has 266 valence electrons. The molecule has 12 nitrogen and oxygen atoms in total. The number of phenolic OH excluding ortho intramolecular Hbond substituents is 1. The average Bonchev–Trinajstić information content (AvgIpc) is 3.07. The van der Waals surface area contributed by atoms with Crippen molar-refractivity contribution in [2.75, 3.05) is 38.1 Å². The lowest BCUT2D eigenvalue weighted by atomic mass is 9.64. The van der Waals surface area contributed by atoms with Gasteiger partial charge >= 0.3 is 5.97 Å². The summed E-state index contributed by atoms with van der Waals surface area (Å²) >= 11 is 0. The number of carbonyl (C=O) groups is 2. The molecule has 8 atom stereocenters. The van der Waals surface area contributed by atoms with Gasteiger partial charge in [-0.05, 0) is 80.9 Å². The molecule has 2 aromatic carbocycles. The Hall–Kier alpha value is -2.14. The number of benzene rings is 2. The maximum Gasteiger partial charge on any atom is 0.335 e. The van der Waals surface area contributed by atoms with E-state index in [-0.39, 0.29) is 63.9 Å². The molecule has 1 spiro atoms. The van der Waals surface area contributed by atoms with Crippen molar-refractivity contribution in [3.63, 3.8) is 0 Å². The van der Waals surface area contributed by atoms with Gasteiger partial charge < -0.3 is 49.6 Å². The van der Waals surface area contributed by atoms with Crippen LogP contribution in [-0.4, -0.2) is 111 Å². The van der Waals surface area contributed by atoms with Crippen molar-refractivity contribution >= 4 is 44.1 Å². The number of phenols is 1. The first-order valence-electron chi connectivity index (χ1n) is 16.3. The number of carboxylic acids is 1. The third kappa shape index (κ3) is 7.06. The lowest BCUT2D eigenvalue weighted by Gasteiger charge is -2.51. The highest BCUT2D eigenvalue weighted by molar-refractivity contribution is 8.76. The summed E-state index contributed by atoms with van der Waals surface area (Å²) in [7, 11) is 3.08. The molecule has 5 rings (SSSR count). The predicted octanol–water partition coefficient (Wildman–Crippen LogP) is 3.89.